The molecule has 0 unspecified atom stereocenters. The van der Waals surface area contributed by atoms with Crippen LogP contribution in [0, 0.1) is 6.92 Å². The lowest BCUT2D eigenvalue weighted by Crippen LogP contribution is -2.38. The summed E-state index contributed by atoms with van der Waals surface area (Å²) in [5, 5.41) is 10.7. The number of halogens is 1. The predicted octanol–water partition coefficient (Wildman–Crippen LogP) is 3.66. The second kappa shape index (κ2) is 11.9. The molecule has 0 aliphatic heterocycles. The Morgan fingerprint density at radius 1 is 1.13 bits per heavy atom. The maximum absolute atomic E-state index is 5.27. The van der Waals surface area contributed by atoms with E-state index in [2.05, 4.69) is 74.3 Å². The highest BCUT2D eigenvalue weighted by Gasteiger charge is 2.09. The van der Waals surface area contributed by atoms with Crippen molar-refractivity contribution in [1.29, 1.82) is 0 Å². The van der Waals surface area contributed by atoms with Gasteiger partial charge in [0.25, 0.3) is 0 Å². The van der Waals surface area contributed by atoms with E-state index in [1.54, 1.807) is 7.05 Å². The maximum Gasteiger partial charge on any atom is 0.226 e. The number of aryl methyl sites for hydroxylation is 3. The quantitative estimate of drug-likeness (QED) is 0.192. The number of hydrogen-bond acceptors (Lipinski definition) is 5. The first-order chi connectivity index (χ1) is 14.1. The van der Waals surface area contributed by atoms with Gasteiger partial charge in [0.05, 0.1) is 11.0 Å². The van der Waals surface area contributed by atoms with Gasteiger partial charge in [-0.1, -0.05) is 31.1 Å². The standard InChI is InChI=1S/C21H31N7O.HI/c1-15(2)20-26-19(29-27-20)11-7-12-23-21(22-4)24-13-8-14-28-16(3)25-17-9-5-6-10-18(17)28;/h5-6,9-10,15H,7-8,11-14H2,1-4H3,(H2,22,23,24);1H. The third-order valence-electron chi connectivity index (χ3n) is 4.78. The van der Waals surface area contributed by atoms with Gasteiger partial charge in [0.15, 0.2) is 11.8 Å². The first-order valence-corrected chi connectivity index (χ1v) is 10.3. The minimum atomic E-state index is 0. The summed E-state index contributed by atoms with van der Waals surface area (Å²) in [7, 11) is 1.79. The fourth-order valence-electron chi connectivity index (χ4n) is 3.19. The number of guanidine groups is 1. The summed E-state index contributed by atoms with van der Waals surface area (Å²) in [5.74, 6) is 3.62. The normalized spacial score (nSPS) is 11.7. The number of para-hydroxylation sites is 2. The molecule has 164 valence electrons. The average molecular weight is 525 g/mol. The van der Waals surface area contributed by atoms with Crippen LogP contribution in [0.3, 0.4) is 0 Å². The van der Waals surface area contributed by atoms with Crippen LogP contribution < -0.4 is 10.6 Å². The molecule has 0 radical (unpaired) electrons. The van der Waals surface area contributed by atoms with Gasteiger partial charge in [-0.05, 0) is 31.9 Å². The van der Waals surface area contributed by atoms with Crippen molar-refractivity contribution in [2.45, 2.75) is 52.5 Å². The SMILES string of the molecule is CN=C(NCCCc1nc(C(C)C)no1)NCCCn1c(C)nc2ccccc21.I. The molecule has 0 fully saturated rings. The van der Waals surface area contributed by atoms with Crippen LogP contribution in [-0.4, -0.2) is 45.8 Å². The van der Waals surface area contributed by atoms with Crippen molar-refractivity contribution in [1.82, 2.24) is 30.3 Å². The number of nitrogens with one attached hydrogen (secondary N) is 2. The monoisotopic (exact) mass is 525 g/mol. The van der Waals surface area contributed by atoms with E-state index in [0.717, 1.165) is 62.0 Å². The van der Waals surface area contributed by atoms with E-state index < -0.39 is 0 Å². The van der Waals surface area contributed by atoms with E-state index in [4.69, 9.17) is 4.52 Å². The lowest BCUT2D eigenvalue weighted by atomic mass is 10.2. The van der Waals surface area contributed by atoms with Crippen molar-refractivity contribution < 1.29 is 4.52 Å². The van der Waals surface area contributed by atoms with Crippen molar-refractivity contribution in [3.63, 3.8) is 0 Å². The Labute approximate surface area is 195 Å². The highest BCUT2D eigenvalue weighted by atomic mass is 127. The lowest BCUT2D eigenvalue weighted by Gasteiger charge is -2.12. The average Bonchev–Trinajstić information content (AvgIpc) is 3.31. The van der Waals surface area contributed by atoms with Crippen LogP contribution in [-0.2, 0) is 13.0 Å². The molecule has 2 aromatic heterocycles. The van der Waals surface area contributed by atoms with Crippen molar-refractivity contribution in [2.24, 2.45) is 4.99 Å². The molecule has 0 spiro atoms. The number of benzene rings is 1. The number of fused-ring (bicyclic) bond motifs is 1. The summed E-state index contributed by atoms with van der Waals surface area (Å²) in [6.07, 6.45) is 2.65. The number of imidazole rings is 1. The Bertz CT molecular complexity index is 948. The number of nitrogens with zero attached hydrogens (tertiary/aromatic N) is 5. The summed E-state index contributed by atoms with van der Waals surface area (Å²) in [5.41, 5.74) is 2.24. The number of hydrogen-bond donors (Lipinski definition) is 2. The van der Waals surface area contributed by atoms with Crippen molar-refractivity contribution in [3.05, 3.63) is 41.8 Å². The van der Waals surface area contributed by atoms with Crippen LogP contribution in [0.15, 0.2) is 33.8 Å². The highest BCUT2D eigenvalue weighted by molar-refractivity contribution is 14.0. The Morgan fingerprint density at radius 3 is 2.57 bits per heavy atom. The largest absolute Gasteiger partial charge is 0.356 e. The Hall–Kier alpha value is -2.17. The Morgan fingerprint density at radius 2 is 1.87 bits per heavy atom. The molecule has 0 saturated carbocycles. The third kappa shape index (κ3) is 6.41. The van der Waals surface area contributed by atoms with Crippen LogP contribution in [0.1, 0.15) is 50.1 Å². The molecule has 0 saturated heterocycles. The molecule has 0 amide bonds. The van der Waals surface area contributed by atoms with Gasteiger partial charge in [0.2, 0.25) is 5.89 Å². The molecule has 9 heteroatoms. The molecule has 0 aliphatic rings. The lowest BCUT2D eigenvalue weighted by molar-refractivity contribution is 0.368. The number of aromatic nitrogens is 4. The number of aliphatic imine (C=N–C) groups is 1. The minimum Gasteiger partial charge on any atom is -0.356 e. The fraction of sp³-hybridized carbons (Fsp3) is 0.524. The van der Waals surface area contributed by atoms with Crippen LogP contribution in [0.5, 0.6) is 0 Å². The van der Waals surface area contributed by atoms with Crippen molar-refractivity contribution >= 4 is 41.0 Å². The van der Waals surface area contributed by atoms with Crippen molar-refractivity contribution in [3.8, 4) is 0 Å². The highest BCUT2D eigenvalue weighted by Crippen LogP contribution is 2.15. The molecule has 0 bridgehead atoms. The van der Waals surface area contributed by atoms with Gasteiger partial charge in [-0.3, -0.25) is 4.99 Å². The van der Waals surface area contributed by atoms with E-state index in [1.807, 2.05) is 6.07 Å². The van der Waals surface area contributed by atoms with Crippen LogP contribution >= 0.6 is 24.0 Å². The van der Waals surface area contributed by atoms with Gasteiger partial charge in [0.1, 0.15) is 5.82 Å². The second-order valence-corrected chi connectivity index (χ2v) is 7.38. The van der Waals surface area contributed by atoms with Gasteiger partial charge < -0.3 is 19.7 Å². The zero-order chi connectivity index (χ0) is 20.6. The van der Waals surface area contributed by atoms with Gasteiger partial charge >= 0.3 is 0 Å². The van der Waals surface area contributed by atoms with Crippen LogP contribution in [0.4, 0.5) is 0 Å². The van der Waals surface area contributed by atoms with Gasteiger partial charge in [-0.15, -0.1) is 24.0 Å². The molecule has 2 heterocycles. The molecule has 3 aromatic rings. The summed E-state index contributed by atoms with van der Waals surface area (Å²) in [4.78, 5) is 13.3. The zero-order valence-corrected chi connectivity index (χ0v) is 20.5. The molecule has 0 aliphatic carbocycles. The molecule has 0 atom stereocenters. The first-order valence-electron chi connectivity index (χ1n) is 10.3. The summed E-state index contributed by atoms with van der Waals surface area (Å²) >= 11 is 0. The summed E-state index contributed by atoms with van der Waals surface area (Å²) < 4.78 is 7.54. The minimum absolute atomic E-state index is 0. The molecule has 3 rings (SSSR count). The van der Waals surface area contributed by atoms with Crippen LogP contribution in [0.25, 0.3) is 11.0 Å². The predicted molar refractivity (Wildman–Crippen MR) is 131 cm³/mol. The van der Waals surface area contributed by atoms with Gasteiger partial charge in [0, 0.05) is 39.0 Å². The fourth-order valence-corrected chi connectivity index (χ4v) is 3.19. The molecule has 1 aromatic carbocycles. The first kappa shape index (κ1) is 24.1. The third-order valence-corrected chi connectivity index (χ3v) is 4.78. The number of rotatable bonds is 9. The summed E-state index contributed by atoms with van der Waals surface area (Å²) in [6, 6.07) is 8.26. The Balaban J connectivity index is 0.00000320. The van der Waals surface area contributed by atoms with Crippen LogP contribution in [0.2, 0.25) is 0 Å². The summed E-state index contributed by atoms with van der Waals surface area (Å²) in [6.45, 7) is 8.73. The van der Waals surface area contributed by atoms with Gasteiger partial charge in [-0.2, -0.15) is 4.98 Å². The van der Waals surface area contributed by atoms with E-state index in [9.17, 15) is 0 Å². The maximum atomic E-state index is 5.27. The van der Waals surface area contributed by atoms with E-state index >= 15 is 0 Å². The Kier molecular flexibility index (Phi) is 9.54. The van der Waals surface area contributed by atoms with E-state index in [-0.39, 0.29) is 29.9 Å². The van der Waals surface area contributed by atoms with E-state index in [1.165, 1.54) is 5.52 Å². The molecule has 8 nitrogen and oxygen atoms in total. The van der Waals surface area contributed by atoms with Gasteiger partial charge in [-0.25, -0.2) is 4.98 Å². The van der Waals surface area contributed by atoms with E-state index in [0.29, 0.717) is 5.89 Å². The second-order valence-electron chi connectivity index (χ2n) is 7.38. The van der Waals surface area contributed by atoms with Crippen molar-refractivity contribution in [2.75, 3.05) is 20.1 Å². The topological polar surface area (TPSA) is 93.2 Å². The molecular weight excluding hydrogens is 493 g/mol. The molecule has 2 N–H and O–H groups in total. The molecular formula is C21H32IN7O. The molecule has 30 heavy (non-hydrogen) atoms. The smallest absolute Gasteiger partial charge is 0.226 e. The zero-order valence-electron chi connectivity index (χ0n) is 18.2.